The van der Waals surface area contributed by atoms with E-state index in [4.69, 9.17) is 4.74 Å². The van der Waals surface area contributed by atoms with E-state index in [1.807, 2.05) is 19.2 Å². The molecule has 1 saturated carbocycles. The van der Waals surface area contributed by atoms with Gasteiger partial charge in [0.25, 0.3) is 0 Å². The second kappa shape index (κ2) is 7.57. The van der Waals surface area contributed by atoms with Crippen molar-refractivity contribution in [2.24, 2.45) is 10.9 Å². The highest BCUT2D eigenvalue weighted by Crippen LogP contribution is 2.31. The Morgan fingerprint density at radius 3 is 2.61 bits per heavy atom. The summed E-state index contributed by atoms with van der Waals surface area (Å²) >= 11 is 0. The number of anilines is 1. The van der Waals surface area contributed by atoms with Crippen molar-refractivity contribution < 1.29 is 4.74 Å². The van der Waals surface area contributed by atoms with Crippen molar-refractivity contribution in [2.75, 3.05) is 51.8 Å². The normalized spacial score (nSPS) is 19.0. The molecule has 1 heterocycles. The number of aliphatic imine (C=N–C) groups is 1. The number of rotatable bonds is 5. The molecule has 23 heavy (non-hydrogen) atoms. The van der Waals surface area contributed by atoms with Gasteiger partial charge in [-0.25, -0.2) is 0 Å². The van der Waals surface area contributed by atoms with Crippen molar-refractivity contribution in [3.63, 3.8) is 0 Å². The SMILES string of the molecule is CN=C(NCCC1CC1)N1CCN(c2ccccc2OC)CC1. The van der Waals surface area contributed by atoms with Crippen molar-refractivity contribution in [3.8, 4) is 5.75 Å². The van der Waals surface area contributed by atoms with Crippen LogP contribution in [0.2, 0.25) is 0 Å². The van der Waals surface area contributed by atoms with Crippen molar-refractivity contribution in [1.29, 1.82) is 0 Å². The Morgan fingerprint density at radius 1 is 1.22 bits per heavy atom. The van der Waals surface area contributed by atoms with Crippen LogP contribution in [0.15, 0.2) is 29.3 Å². The number of nitrogens with one attached hydrogen (secondary N) is 1. The zero-order valence-corrected chi connectivity index (χ0v) is 14.3. The third-order valence-corrected chi connectivity index (χ3v) is 4.75. The molecule has 1 saturated heterocycles. The smallest absolute Gasteiger partial charge is 0.193 e. The number of hydrogen-bond acceptors (Lipinski definition) is 3. The minimum absolute atomic E-state index is 0.952. The van der Waals surface area contributed by atoms with Gasteiger partial charge in [-0.2, -0.15) is 0 Å². The number of nitrogens with zero attached hydrogens (tertiary/aromatic N) is 3. The third-order valence-electron chi connectivity index (χ3n) is 4.75. The summed E-state index contributed by atoms with van der Waals surface area (Å²) in [5, 5.41) is 3.52. The Bertz CT molecular complexity index is 534. The molecule has 0 unspecified atom stereocenters. The van der Waals surface area contributed by atoms with Gasteiger partial charge in [0.1, 0.15) is 5.75 Å². The Labute approximate surface area is 139 Å². The maximum atomic E-state index is 5.48. The summed E-state index contributed by atoms with van der Waals surface area (Å²) in [7, 11) is 3.62. The Kier molecular flexibility index (Phi) is 5.26. The lowest BCUT2D eigenvalue weighted by atomic mass is 10.2. The molecule has 0 amide bonds. The fourth-order valence-corrected chi connectivity index (χ4v) is 3.18. The van der Waals surface area contributed by atoms with Crippen LogP contribution in [-0.4, -0.2) is 57.7 Å². The highest BCUT2D eigenvalue weighted by atomic mass is 16.5. The number of benzene rings is 1. The van der Waals surface area contributed by atoms with E-state index in [2.05, 4.69) is 32.2 Å². The molecule has 5 nitrogen and oxygen atoms in total. The number of hydrogen-bond donors (Lipinski definition) is 1. The molecule has 1 N–H and O–H groups in total. The first-order chi connectivity index (χ1) is 11.3. The first kappa shape index (κ1) is 16.0. The second-order valence-corrected chi connectivity index (χ2v) is 6.35. The molecule has 126 valence electrons. The summed E-state index contributed by atoms with van der Waals surface area (Å²) in [4.78, 5) is 9.20. The lowest BCUT2D eigenvalue weighted by Gasteiger charge is -2.38. The minimum Gasteiger partial charge on any atom is -0.495 e. The quantitative estimate of drug-likeness (QED) is 0.668. The number of ether oxygens (including phenoxy) is 1. The van der Waals surface area contributed by atoms with Crippen molar-refractivity contribution in [3.05, 3.63) is 24.3 Å². The van der Waals surface area contributed by atoms with Crippen molar-refractivity contribution >= 4 is 11.6 Å². The van der Waals surface area contributed by atoms with Gasteiger partial charge in [-0.15, -0.1) is 0 Å². The van der Waals surface area contributed by atoms with Crippen LogP contribution in [0.5, 0.6) is 5.75 Å². The molecule has 0 aromatic heterocycles. The number of piperazine rings is 1. The molecule has 2 fully saturated rings. The van der Waals surface area contributed by atoms with Gasteiger partial charge in [0.05, 0.1) is 12.8 Å². The molecule has 1 aliphatic carbocycles. The highest BCUT2D eigenvalue weighted by Gasteiger charge is 2.23. The van der Waals surface area contributed by atoms with E-state index < -0.39 is 0 Å². The van der Waals surface area contributed by atoms with Crippen LogP contribution in [0, 0.1) is 5.92 Å². The molecule has 0 spiro atoms. The van der Waals surface area contributed by atoms with E-state index in [0.29, 0.717) is 0 Å². The summed E-state index contributed by atoms with van der Waals surface area (Å²) in [6, 6.07) is 8.25. The maximum Gasteiger partial charge on any atom is 0.193 e. The van der Waals surface area contributed by atoms with Crippen LogP contribution < -0.4 is 15.0 Å². The van der Waals surface area contributed by atoms with Crippen LogP contribution in [0.4, 0.5) is 5.69 Å². The highest BCUT2D eigenvalue weighted by molar-refractivity contribution is 5.80. The van der Waals surface area contributed by atoms with Gasteiger partial charge in [0, 0.05) is 39.8 Å². The molecular formula is C18H28N4O. The zero-order valence-electron chi connectivity index (χ0n) is 14.3. The average Bonchev–Trinajstić information content (AvgIpc) is 3.43. The molecule has 0 radical (unpaired) electrons. The molecule has 3 rings (SSSR count). The van der Waals surface area contributed by atoms with Gasteiger partial charge in [0.2, 0.25) is 0 Å². The number of methoxy groups -OCH3 is 1. The molecule has 5 heteroatoms. The predicted octanol–water partition coefficient (Wildman–Crippen LogP) is 2.19. The lowest BCUT2D eigenvalue weighted by Crippen LogP contribution is -2.52. The summed E-state index contributed by atoms with van der Waals surface area (Å²) in [6.45, 7) is 5.00. The molecule has 1 aromatic carbocycles. The van der Waals surface area contributed by atoms with E-state index in [-0.39, 0.29) is 0 Å². The van der Waals surface area contributed by atoms with Crippen LogP contribution in [0.3, 0.4) is 0 Å². The minimum atomic E-state index is 0.952. The fraction of sp³-hybridized carbons (Fsp3) is 0.611. The average molecular weight is 316 g/mol. The van der Waals surface area contributed by atoms with Gasteiger partial charge in [-0.05, 0) is 24.5 Å². The fourth-order valence-electron chi connectivity index (χ4n) is 3.18. The summed E-state index contributed by atoms with van der Waals surface area (Å²) in [5.41, 5.74) is 1.19. The van der Waals surface area contributed by atoms with Crippen LogP contribution in [0.1, 0.15) is 19.3 Å². The summed E-state index contributed by atoms with van der Waals surface area (Å²) in [6.07, 6.45) is 4.11. The molecule has 0 atom stereocenters. The monoisotopic (exact) mass is 316 g/mol. The first-order valence-electron chi connectivity index (χ1n) is 8.65. The Balaban J connectivity index is 1.52. The van der Waals surface area contributed by atoms with Crippen LogP contribution in [-0.2, 0) is 0 Å². The zero-order chi connectivity index (χ0) is 16.1. The topological polar surface area (TPSA) is 40.1 Å². The molecule has 1 aliphatic heterocycles. The summed E-state index contributed by atoms with van der Waals surface area (Å²) < 4.78 is 5.48. The first-order valence-corrected chi connectivity index (χ1v) is 8.65. The van der Waals surface area contributed by atoms with Crippen molar-refractivity contribution in [2.45, 2.75) is 19.3 Å². The van der Waals surface area contributed by atoms with Gasteiger partial charge >= 0.3 is 0 Å². The molecular weight excluding hydrogens is 288 g/mol. The molecule has 0 bridgehead atoms. The number of guanidine groups is 1. The maximum absolute atomic E-state index is 5.48. The molecule has 1 aromatic rings. The largest absolute Gasteiger partial charge is 0.495 e. The van der Waals surface area contributed by atoms with E-state index in [0.717, 1.165) is 50.4 Å². The van der Waals surface area contributed by atoms with E-state index in [1.54, 1.807) is 7.11 Å². The molecule has 2 aliphatic rings. The predicted molar refractivity (Wildman–Crippen MR) is 95.5 cm³/mol. The van der Waals surface area contributed by atoms with E-state index in [1.165, 1.54) is 24.9 Å². The summed E-state index contributed by atoms with van der Waals surface area (Å²) in [5.74, 6) is 2.96. The van der Waals surface area contributed by atoms with Gasteiger partial charge in [-0.1, -0.05) is 25.0 Å². The van der Waals surface area contributed by atoms with Crippen LogP contribution >= 0.6 is 0 Å². The number of para-hydroxylation sites is 2. The van der Waals surface area contributed by atoms with Gasteiger partial charge in [0.15, 0.2) is 5.96 Å². The Hall–Kier alpha value is -1.91. The van der Waals surface area contributed by atoms with Gasteiger partial charge in [-0.3, -0.25) is 4.99 Å². The van der Waals surface area contributed by atoms with Gasteiger partial charge < -0.3 is 19.9 Å². The van der Waals surface area contributed by atoms with E-state index >= 15 is 0 Å². The van der Waals surface area contributed by atoms with Crippen molar-refractivity contribution in [1.82, 2.24) is 10.2 Å². The third kappa shape index (κ3) is 4.09. The van der Waals surface area contributed by atoms with Crippen LogP contribution in [0.25, 0.3) is 0 Å². The Morgan fingerprint density at radius 2 is 1.96 bits per heavy atom. The second-order valence-electron chi connectivity index (χ2n) is 6.35. The lowest BCUT2D eigenvalue weighted by molar-refractivity contribution is 0.366. The standard InChI is InChI=1S/C18H28N4O/c1-19-18(20-10-9-15-7-8-15)22-13-11-21(12-14-22)16-5-3-4-6-17(16)23-2/h3-6,15H,7-14H2,1-2H3,(H,19,20). The van der Waals surface area contributed by atoms with E-state index in [9.17, 15) is 0 Å².